The summed E-state index contributed by atoms with van der Waals surface area (Å²) in [6.45, 7) is 0.539. The molecule has 248 valence electrons. The van der Waals surface area contributed by atoms with Gasteiger partial charge in [0.05, 0.1) is 33.3 Å². The Morgan fingerprint density at radius 2 is 1.05 bits per heavy atom. The molecule has 1 N–H and O–H groups in total. The van der Waals surface area contributed by atoms with E-state index in [2.05, 4.69) is 10.1 Å². The Kier molecular flexibility index (Phi) is 10.5. The molecule has 0 saturated carbocycles. The van der Waals surface area contributed by atoms with Crippen LogP contribution in [0.4, 0.5) is 74.6 Å². The molecule has 0 heterocycles. The number of hydrogen-bond acceptors (Lipinski definition) is 2. The van der Waals surface area contributed by atoms with Gasteiger partial charge in [-0.25, -0.2) is 8.78 Å². The molecule has 21 heteroatoms. The van der Waals surface area contributed by atoms with Gasteiger partial charge in [-0.15, -0.1) is 0 Å². The van der Waals surface area contributed by atoms with Crippen molar-refractivity contribution in [3.63, 3.8) is 0 Å². The molecule has 1 amide bonds. The number of hydrogen-bond donors (Lipinski definition) is 1. The summed E-state index contributed by atoms with van der Waals surface area (Å²) in [4.78, 5) is 12.1. The number of nitrogens with zero attached hydrogens (tertiary/aromatic N) is 1. The van der Waals surface area contributed by atoms with Crippen LogP contribution >= 0.6 is 0 Å². The fourth-order valence-electron chi connectivity index (χ4n) is 3.34. The Bertz CT molecular complexity index is 1080. The van der Waals surface area contributed by atoms with Crippen LogP contribution in [-0.4, -0.2) is 86.8 Å². The molecule has 1 aromatic rings. The van der Waals surface area contributed by atoms with E-state index in [-0.39, 0.29) is 18.7 Å². The van der Waals surface area contributed by atoms with Gasteiger partial charge in [-0.1, -0.05) is 0 Å². The Morgan fingerprint density at radius 3 is 1.35 bits per heavy atom. The van der Waals surface area contributed by atoms with Crippen LogP contribution in [0.5, 0.6) is 5.75 Å². The number of allylic oxidation sites excluding steroid dienone is 2. The number of nitrogens with one attached hydrogen (secondary N) is 1. The lowest BCUT2D eigenvalue weighted by Crippen LogP contribution is -2.67. The van der Waals surface area contributed by atoms with E-state index in [4.69, 9.17) is 0 Å². The fraction of sp³-hybridized carbons (Fsp3) is 0.591. The Balaban J connectivity index is 3.95. The minimum absolute atomic E-state index is 0.0118. The summed E-state index contributed by atoms with van der Waals surface area (Å²) in [6.07, 6.45) is -39.3. The first-order chi connectivity index (χ1) is 18.8. The van der Waals surface area contributed by atoms with E-state index in [9.17, 15) is 79.4 Å². The molecule has 0 radical (unpaired) electrons. The molecule has 0 fully saturated rings. The van der Waals surface area contributed by atoms with Crippen molar-refractivity contribution in [1.82, 2.24) is 5.32 Å². The van der Waals surface area contributed by atoms with Gasteiger partial charge in [0.25, 0.3) is 5.91 Å². The molecular formula is C22H20F17N2O2+. The van der Waals surface area contributed by atoms with Gasteiger partial charge in [-0.2, -0.15) is 65.9 Å². The van der Waals surface area contributed by atoms with Gasteiger partial charge >= 0.3 is 42.2 Å². The molecule has 1 rings (SSSR count). The van der Waals surface area contributed by atoms with Crippen LogP contribution < -0.4 is 10.1 Å². The maximum absolute atomic E-state index is 14.7. The first-order valence-corrected chi connectivity index (χ1v) is 11.2. The lowest BCUT2D eigenvalue weighted by molar-refractivity contribution is -0.870. The van der Waals surface area contributed by atoms with Crippen LogP contribution in [0.1, 0.15) is 16.8 Å². The molecule has 4 nitrogen and oxygen atoms in total. The van der Waals surface area contributed by atoms with Crippen molar-refractivity contribution < 1.29 is 88.7 Å². The number of ether oxygens (including phenoxy) is 1. The fourth-order valence-corrected chi connectivity index (χ4v) is 3.34. The average Bonchev–Trinajstić information content (AvgIpc) is 2.77. The van der Waals surface area contributed by atoms with Crippen molar-refractivity contribution in [2.45, 2.75) is 48.6 Å². The number of halogens is 17. The van der Waals surface area contributed by atoms with Gasteiger partial charge in [-0.3, -0.25) is 4.79 Å². The van der Waals surface area contributed by atoms with E-state index in [1.165, 1.54) is 0 Å². The maximum Gasteiger partial charge on any atom is 0.449 e. The molecule has 0 aliphatic carbocycles. The maximum atomic E-state index is 14.7. The molecule has 0 aromatic heterocycles. The number of benzene rings is 1. The van der Waals surface area contributed by atoms with Crippen LogP contribution in [0.25, 0.3) is 0 Å². The highest BCUT2D eigenvalue weighted by molar-refractivity contribution is 5.94. The van der Waals surface area contributed by atoms with Gasteiger partial charge < -0.3 is 14.5 Å². The molecule has 0 aliphatic rings. The zero-order valence-electron chi connectivity index (χ0n) is 21.6. The van der Waals surface area contributed by atoms with Crippen molar-refractivity contribution in [3.05, 3.63) is 41.2 Å². The van der Waals surface area contributed by atoms with Gasteiger partial charge in [0, 0.05) is 18.5 Å². The van der Waals surface area contributed by atoms with Crippen LogP contribution in [0.3, 0.4) is 0 Å². The molecule has 0 saturated heterocycles. The van der Waals surface area contributed by atoms with Crippen molar-refractivity contribution in [1.29, 1.82) is 0 Å². The average molecular weight is 667 g/mol. The minimum atomic E-state index is -8.27. The van der Waals surface area contributed by atoms with Crippen LogP contribution in [0.2, 0.25) is 0 Å². The predicted octanol–water partition coefficient (Wildman–Crippen LogP) is 7.37. The summed E-state index contributed by atoms with van der Waals surface area (Å²) < 4.78 is 234. The Morgan fingerprint density at radius 1 is 0.674 bits per heavy atom. The molecule has 1 aromatic carbocycles. The minimum Gasteiger partial charge on any atom is -0.452 e. The largest absolute Gasteiger partial charge is 0.452 e. The second-order valence-electron chi connectivity index (χ2n) is 9.76. The summed E-state index contributed by atoms with van der Waals surface area (Å²) in [5.74, 6) is -7.34. The monoisotopic (exact) mass is 667 g/mol. The topological polar surface area (TPSA) is 38.3 Å². The SMILES string of the molecule is C[N+](C)(C)CCCNC(=O)c1ccc(OC(=C(C(F)(C(F)(F)F)C(F)(F)F)C(F)(C(F)(F)F)C(F)(F)F)C(F)(F)F)cc1. The highest BCUT2D eigenvalue weighted by Crippen LogP contribution is 2.63. The molecule has 43 heavy (non-hydrogen) atoms. The zero-order chi connectivity index (χ0) is 34.3. The highest BCUT2D eigenvalue weighted by Gasteiger charge is 2.88. The summed E-state index contributed by atoms with van der Waals surface area (Å²) in [6, 6.07) is 1.08. The first-order valence-electron chi connectivity index (χ1n) is 11.2. The Hall–Kier alpha value is -3.00. The summed E-state index contributed by atoms with van der Waals surface area (Å²) >= 11 is 0. The smallest absolute Gasteiger partial charge is 0.449 e. The molecule has 0 atom stereocenters. The quantitative estimate of drug-likeness (QED) is 0.129. The molecule has 0 aliphatic heterocycles. The highest BCUT2D eigenvalue weighted by atomic mass is 19.4. The molecular weight excluding hydrogens is 647 g/mol. The van der Waals surface area contributed by atoms with E-state index < -0.39 is 70.8 Å². The van der Waals surface area contributed by atoms with Gasteiger partial charge in [0.2, 0.25) is 5.76 Å². The summed E-state index contributed by atoms with van der Waals surface area (Å²) in [5.41, 5.74) is -22.6. The number of amides is 1. The van der Waals surface area contributed by atoms with Gasteiger partial charge in [-0.05, 0) is 24.3 Å². The van der Waals surface area contributed by atoms with E-state index in [1.807, 2.05) is 0 Å². The lowest BCUT2D eigenvalue weighted by Gasteiger charge is -2.41. The molecule has 0 unspecified atom stereocenters. The predicted molar refractivity (Wildman–Crippen MR) is 112 cm³/mol. The standard InChI is InChI=1S/C22H19F17N2O2/c1-41(2,3)10-4-9-40-15(42)11-5-7-12(8-6-11)43-14(18(25,26)27)13(16(23,19(28,29)30)20(31,32)33)17(24,21(34,35)36)22(37,38)39/h5-8H,4,9-10H2,1-3H3/p+1. The normalized spacial score (nSPS) is 14.4. The van der Waals surface area contributed by atoms with Crippen molar-refractivity contribution in [3.8, 4) is 5.75 Å². The Labute approximate surface area is 230 Å². The number of carbonyl (C=O) groups excluding carboxylic acids is 1. The lowest BCUT2D eigenvalue weighted by atomic mass is 9.79. The number of rotatable bonds is 9. The third kappa shape index (κ3) is 8.14. The summed E-state index contributed by atoms with van der Waals surface area (Å²) in [7, 11) is 5.38. The van der Waals surface area contributed by atoms with Crippen molar-refractivity contribution in [2.75, 3.05) is 34.2 Å². The van der Waals surface area contributed by atoms with E-state index >= 15 is 0 Å². The number of alkyl halides is 17. The van der Waals surface area contributed by atoms with E-state index in [1.54, 1.807) is 21.1 Å². The van der Waals surface area contributed by atoms with Crippen LogP contribution in [0, 0.1) is 0 Å². The third-order valence-corrected chi connectivity index (χ3v) is 5.36. The molecule has 0 spiro atoms. The van der Waals surface area contributed by atoms with Crippen molar-refractivity contribution in [2.24, 2.45) is 0 Å². The van der Waals surface area contributed by atoms with E-state index in [0.717, 1.165) is 0 Å². The molecule has 0 bridgehead atoms. The second-order valence-corrected chi connectivity index (χ2v) is 9.76. The summed E-state index contributed by atoms with van der Waals surface area (Å²) in [5, 5.41) is 2.30. The first kappa shape index (κ1) is 38.0. The van der Waals surface area contributed by atoms with Gasteiger partial charge in [0.1, 0.15) is 5.75 Å². The number of carbonyl (C=O) groups is 1. The van der Waals surface area contributed by atoms with Crippen molar-refractivity contribution >= 4 is 5.91 Å². The zero-order valence-corrected chi connectivity index (χ0v) is 21.6. The van der Waals surface area contributed by atoms with Gasteiger partial charge in [0.15, 0.2) is 0 Å². The number of quaternary nitrogens is 1. The second kappa shape index (κ2) is 11.8. The van der Waals surface area contributed by atoms with Crippen LogP contribution in [-0.2, 0) is 0 Å². The van der Waals surface area contributed by atoms with Crippen LogP contribution in [0.15, 0.2) is 35.6 Å². The van der Waals surface area contributed by atoms with E-state index in [0.29, 0.717) is 29.6 Å². The third-order valence-electron chi connectivity index (χ3n) is 5.36.